The molecule has 1 amide bonds. The largest absolute Gasteiger partial charge is 0.497 e. The summed E-state index contributed by atoms with van der Waals surface area (Å²) in [5.41, 5.74) is -0.240. The van der Waals surface area contributed by atoms with E-state index in [4.69, 9.17) is 4.74 Å². The molecule has 1 aliphatic rings. The van der Waals surface area contributed by atoms with Gasteiger partial charge in [0, 0.05) is 38.8 Å². The lowest BCUT2D eigenvalue weighted by Gasteiger charge is -2.34. The Kier molecular flexibility index (Phi) is 6.16. The Balaban J connectivity index is 1.66. The van der Waals surface area contributed by atoms with Crippen molar-refractivity contribution in [2.75, 3.05) is 33.3 Å². The van der Waals surface area contributed by atoms with Gasteiger partial charge >= 0.3 is 6.18 Å². The van der Waals surface area contributed by atoms with Crippen molar-refractivity contribution in [3.05, 3.63) is 47.3 Å². The van der Waals surface area contributed by atoms with Gasteiger partial charge in [-0.15, -0.1) is 0 Å². The molecular weight excluding hydrogens is 385 g/mol. The van der Waals surface area contributed by atoms with Crippen molar-refractivity contribution in [1.29, 1.82) is 0 Å². The lowest BCUT2D eigenvalue weighted by atomic mass is 10.1. The zero-order chi connectivity index (χ0) is 21.2. The topological polar surface area (TPSA) is 50.6 Å². The van der Waals surface area contributed by atoms with Crippen LogP contribution in [0.2, 0.25) is 0 Å². The zero-order valence-electron chi connectivity index (χ0n) is 16.7. The number of hydrogen-bond acceptors (Lipinski definition) is 4. The molecular formula is C20H25F3N4O2. The molecule has 0 saturated carbocycles. The second-order valence-corrected chi connectivity index (χ2v) is 7.36. The van der Waals surface area contributed by atoms with E-state index in [-0.39, 0.29) is 5.56 Å². The molecule has 1 saturated heterocycles. The van der Waals surface area contributed by atoms with Gasteiger partial charge < -0.3 is 9.64 Å². The minimum Gasteiger partial charge on any atom is -0.497 e. The average molecular weight is 410 g/mol. The number of alkyl halides is 3. The van der Waals surface area contributed by atoms with Crippen LogP contribution in [0.1, 0.15) is 41.5 Å². The van der Waals surface area contributed by atoms with E-state index >= 15 is 0 Å². The summed E-state index contributed by atoms with van der Waals surface area (Å²) >= 11 is 0. The molecule has 0 aliphatic carbocycles. The van der Waals surface area contributed by atoms with E-state index in [1.807, 2.05) is 24.3 Å². The molecule has 0 bridgehead atoms. The fraction of sp³-hybridized carbons (Fsp3) is 0.500. The second kappa shape index (κ2) is 8.44. The summed E-state index contributed by atoms with van der Waals surface area (Å²) in [4.78, 5) is 16.4. The monoisotopic (exact) mass is 410 g/mol. The van der Waals surface area contributed by atoms with E-state index in [1.165, 1.54) is 4.90 Å². The zero-order valence-corrected chi connectivity index (χ0v) is 16.7. The number of carbonyl (C=O) groups is 1. The molecule has 3 rings (SSSR count). The first-order chi connectivity index (χ1) is 13.7. The Bertz CT molecular complexity index is 838. The van der Waals surface area contributed by atoms with Gasteiger partial charge in [0.15, 0.2) is 5.69 Å². The van der Waals surface area contributed by atoms with Gasteiger partial charge in [0.1, 0.15) is 5.75 Å². The van der Waals surface area contributed by atoms with Crippen LogP contribution >= 0.6 is 0 Å². The molecule has 1 aromatic heterocycles. The van der Waals surface area contributed by atoms with Crippen molar-refractivity contribution in [3.8, 4) is 5.75 Å². The van der Waals surface area contributed by atoms with E-state index in [1.54, 1.807) is 21.0 Å². The number of benzene rings is 1. The van der Waals surface area contributed by atoms with Gasteiger partial charge in [-0.2, -0.15) is 18.3 Å². The van der Waals surface area contributed by atoms with Crippen molar-refractivity contribution < 1.29 is 22.7 Å². The van der Waals surface area contributed by atoms with E-state index < -0.39 is 23.8 Å². The number of piperazine rings is 1. The highest BCUT2D eigenvalue weighted by Crippen LogP contribution is 2.34. The number of aromatic nitrogens is 2. The number of hydrogen-bond donors (Lipinski definition) is 0. The van der Waals surface area contributed by atoms with Crippen LogP contribution in [-0.2, 0) is 12.7 Å². The lowest BCUT2D eigenvalue weighted by Crippen LogP contribution is -2.48. The molecule has 2 heterocycles. The van der Waals surface area contributed by atoms with Gasteiger partial charge in [0.25, 0.3) is 5.91 Å². The Morgan fingerprint density at radius 2 is 1.76 bits per heavy atom. The molecule has 0 spiro atoms. The van der Waals surface area contributed by atoms with Gasteiger partial charge in [-0.3, -0.25) is 14.4 Å². The molecule has 9 heteroatoms. The van der Waals surface area contributed by atoms with Gasteiger partial charge in [0.2, 0.25) is 0 Å². The van der Waals surface area contributed by atoms with Crippen LogP contribution in [0.15, 0.2) is 30.5 Å². The first-order valence-corrected chi connectivity index (χ1v) is 9.50. The SMILES string of the molecule is COc1ccc(CN2CCN(C(=O)c3cnn(C(C)C)c3C(F)(F)F)CC2)cc1. The van der Waals surface area contributed by atoms with Crippen LogP contribution < -0.4 is 4.74 Å². The van der Waals surface area contributed by atoms with Crippen molar-refractivity contribution in [1.82, 2.24) is 19.6 Å². The third kappa shape index (κ3) is 4.72. The van der Waals surface area contributed by atoms with Gasteiger partial charge in [-0.1, -0.05) is 12.1 Å². The average Bonchev–Trinajstić information content (AvgIpc) is 3.15. The normalized spacial score (nSPS) is 15.8. The highest BCUT2D eigenvalue weighted by atomic mass is 19.4. The van der Waals surface area contributed by atoms with Crippen molar-refractivity contribution in [3.63, 3.8) is 0 Å². The first-order valence-electron chi connectivity index (χ1n) is 9.50. The molecule has 158 valence electrons. The van der Waals surface area contributed by atoms with Crippen LogP contribution in [0.4, 0.5) is 13.2 Å². The maximum Gasteiger partial charge on any atom is 0.433 e. The molecule has 0 radical (unpaired) electrons. The molecule has 1 fully saturated rings. The summed E-state index contributed by atoms with van der Waals surface area (Å²) < 4.78 is 46.6. The third-order valence-corrected chi connectivity index (χ3v) is 5.01. The highest BCUT2D eigenvalue weighted by Gasteiger charge is 2.41. The second-order valence-electron chi connectivity index (χ2n) is 7.36. The minimum absolute atomic E-state index is 0.374. The number of halogens is 3. The quantitative estimate of drug-likeness (QED) is 0.758. The lowest BCUT2D eigenvalue weighted by molar-refractivity contribution is -0.145. The Hall–Kier alpha value is -2.55. The molecule has 1 aliphatic heterocycles. The van der Waals surface area contributed by atoms with Crippen molar-refractivity contribution in [2.24, 2.45) is 0 Å². The maximum absolute atomic E-state index is 13.5. The molecule has 0 atom stereocenters. The fourth-order valence-corrected chi connectivity index (χ4v) is 3.46. The Labute approximate surface area is 167 Å². The number of amides is 1. The highest BCUT2D eigenvalue weighted by molar-refractivity contribution is 5.95. The van der Waals surface area contributed by atoms with Crippen molar-refractivity contribution >= 4 is 5.91 Å². The van der Waals surface area contributed by atoms with Crippen LogP contribution in [0.3, 0.4) is 0 Å². The predicted molar refractivity (Wildman–Crippen MR) is 102 cm³/mol. The maximum atomic E-state index is 13.5. The Morgan fingerprint density at radius 1 is 1.14 bits per heavy atom. The van der Waals surface area contributed by atoms with E-state index in [9.17, 15) is 18.0 Å². The van der Waals surface area contributed by atoms with E-state index in [2.05, 4.69) is 10.00 Å². The molecule has 29 heavy (non-hydrogen) atoms. The predicted octanol–water partition coefficient (Wildman–Crippen LogP) is 3.45. The molecule has 0 N–H and O–H groups in total. The molecule has 6 nitrogen and oxygen atoms in total. The number of rotatable bonds is 5. The van der Waals surface area contributed by atoms with Crippen LogP contribution in [0.25, 0.3) is 0 Å². The Morgan fingerprint density at radius 3 is 2.28 bits per heavy atom. The number of carbonyl (C=O) groups excluding carboxylic acids is 1. The molecule has 1 aromatic carbocycles. The number of ether oxygens (including phenoxy) is 1. The van der Waals surface area contributed by atoms with E-state index in [0.29, 0.717) is 32.7 Å². The third-order valence-electron chi connectivity index (χ3n) is 5.01. The smallest absolute Gasteiger partial charge is 0.433 e. The standard InChI is InChI=1S/C20H25F3N4O2/c1-14(2)27-18(20(21,22)23)17(12-24-27)19(28)26-10-8-25(9-11-26)13-15-4-6-16(29-3)7-5-15/h4-7,12,14H,8-11,13H2,1-3H3. The van der Waals surface area contributed by atoms with Gasteiger partial charge in [-0.05, 0) is 31.5 Å². The first kappa shape index (κ1) is 21.2. The van der Waals surface area contributed by atoms with Crippen LogP contribution in [0.5, 0.6) is 5.75 Å². The summed E-state index contributed by atoms with van der Waals surface area (Å²) in [6, 6.07) is 7.24. The minimum atomic E-state index is -4.64. The number of nitrogens with zero attached hydrogens (tertiary/aromatic N) is 4. The molecule has 2 aromatic rings. The summed E-state index contributed by atoms with van der Waals surface area (Å²) in [7, 11) is 1.61. The van der Waals surface area contributed by atoms with Crippen LogP contribution in [0, 0.1) is 0 Å². The summed E-state index contributed by atoms with van der Waals surface area (Å²) in [5, 5.41) is 3.81. The summed E-state index contributed by atoms with van der Waals surface area (Å²) in [6.45, 7) is 5.86. The van der Waals surface area contributed by atoms with E-state index in [0.717, 1.165) is 22.2 Å². The summed E-state index contributed by atoms with van der Waals surface area (Å²) in [6.07, 6.45) is -3.60. The fourth-order valence-electron chi connectivity index (χ4n) is 3.46. The van der Waals surface area contributed by atoms with Gasteiger partial charge in [0.05, 0.1) is 18.9 Å². The van der Waals surface area contributed by atoms with Crippen LogP contribution in [-0.4, -0.2) is 58.8 Å². The molecule has 0 unspecified atom stereocenters. The number of methoxy groups -OCH3 is 1. The van der Waals surface area contributed by atoms with Crippen molar-refractivity contribution in [2.45, 2.75) is 32.6 Å². The van der Waals surface area contributed by atoms with Gasteiger partial charge in [-0.25, -0.2) is 0 Å². The summed E-state index contributed by atoms with van der Waals surface area (Å²) in [5.74, 6) is 0.167.